The first-order valence-corrected chi connectivity index (χ1v) is 8.38. The van der Waals surface area contributed by atoms with Crippen LogP contribution in [0.3, 0.4) is 0 Å². The number of nitrogens with zero attached hydrogens (tertiary/aromatic N) is 1. The lowest BCUT2D eigenvalue weighted by molar-refractivity contribution is 0.588. The molecule has 5 heteroatoms. The Bertz CT molecular complexity index is 532. The zero-order chi connectivity index (χ0) is 14.0. The van der Waals surface area contributed by atoms with Crippen molar-refractivity contribution in [2.75, 3.05) is 17.4 Å². The van der Waals surface area contributed by atoms with Gasteiger partial charge in [-0.15, -0.1) is 0 Å². The Kier molecular flexibility index (Phi) is 4.16. The highest BCUT2D eigenvalue weighted by molar-refractivity contribution is 7.93. The molecule has 1 aliphatic heterocycles. The first-order valence-electron chi connectivity index (χ1n) is 6.88. The van der Waals surface area contributed by atoms with Crippen molar-refractivity contribution in [3.63, 3.8) is 0 Å². The van der Waals surface area contributed by atoms with E-state index in [-0.39, 0.29) is 6.54 Å². The minimum Gasteiger partial charge on any atom is -0.329 e. The zero-order valence-corrected chi connectivity index (χ0v) is 12.4. The van der Waals surface area contributed by atoms with E-state index < -0.39 is 15.3 Å². The van der Waals surface area contributed by atoms with Crippen LogP contribution in [-0.4, -0.2) is 26.8 Å². The molecule has 1 aromatic carbocycles. The van der Waals surface area contributed by atoms with Gasteiger partial charge in [0.15, 0.2) is 0 Å². The van der Waals surface area contributed by atoms with Gasteiger partial charge in [-0.05, 0) is 30.4 Å². The molecule has 1 aromatic rings. The predicted octanol–water partition coefficient (Wildman–Crippen LogP) is 1.68. The van der Waals surface area contributed by atoms with Crippen LogP contribution >= 0.6 is 0 Å². The topological polar surface area (TPSA) is 63.4 Å². The number of benzene rings is 1. The SMILES string of the molecule is CCc1cccc(CC)c1N1CCC(CN)S1(=O)=O. The first-order chi connectivity index (χ1) is 9.06. The van der Waals surface area contributed by atoms with Gasteiger partial charge in [0.25, 0.3) is 0 Å². The molecule has 0 aliphatic carbocycles. The van der Waals surface area contributed by atoms with Gasteiger partial charge in [-0.1, -0.05) is 32.0 Å². The fraction of sp³-hybridized carbons (Fsp3) is 0.571. The van der Waals surface area contributed by atoms with Crippen molar-refractivity contribution < 1.29 is 8.42 Å². The highest BCUT2D eigenvalue weighted by Crippen LogP contribution is 2.34. The summed E-state index contributed by atoms with van der Waals surface area (Å²) in [4.78, 5) is 0. The Morgan fingerprint density at radius 1 is 1.26 bits per heavy atom. The van der Waals surface area contributed by atoms with Crippen molar-refractivity contribution in [2.24, 2.45) is 5.73 Å². The lowest BCUT2D eigenvalue weighted by Crippen LogP contribution is -2.34. The Morgan fingerprint density at radius 2 is 1.84 bits per heavy atom. The average Bonchev–Trinajstić information content (AvgIpc) is 2.71. The van der Waals surface area contributed by atoms with Crippen LogP contribution in [0.4, 0.5) is 5.69 Å². The van der Waals surface area contributed by atoms with Gasteiger partial charge in [-0.2, -0.15) is 0 Å². The van der Waals surface area contributed by atoms with E-state index in [2.05, 4.69) is 13.8 Å². The smallest absolute Gasteiger partial charge is 0.239 e. The number of anilines is 1. The van der Waals surface area contributed by atoms with Crippen LogP contribution in [-0.2, 0) is 22.9 Å². The van der Waals surface area contributed by atoms with Crippen LogP contribution < -0.4 is 10.0 Å². The van der Waals surface area contributed by atoms with Crippen molar-refractivity contribution >= 4 is 15.7 Å². The third kappa shape index (κ3) is 2.37. The first kappa shape index (κ1) is 14.3. The van der Waals surface area contributed by atoms with Gasteiger partial charge >= 0.3 is 0 Å². The monoisotopic (exact) mass is 282 g/mol. The molecule has 1 saturated heterocycles. The van der Waals surface area contributed by atoms with Crippen LogP contribution in [0.15, 0.2) is 18.2 Å². The molecule has 1 fully saturated rings. The van der Waals surface area contributed by atoms with Crippen LogP contribution in [0, 0.1) is 0 Å². The molecular weight excluding hydrogens is 260 g/mol. The van der Waals surface area contributed by atoms with Crippen LogP contribution in [0.25, 0.3) is 0 Å². The summed E-state index contributed by atoms with van der Waals surface area (Å²) >= 11 is 0. The van der Waals surface area contributed by atoms with Gasteiger partial charge in [0.2, 0.25) is 10.0 Å². The summed E-state index contributed by atoms with van der Waals surface area (Å²) in [6, 6.07) is 6.03. The number of aryl methyl sites for hydroxylation is 2. The highest BCUT2D eigenvalue weighted by Gasteiger charge is 2.39. The van der Waals surface area contributed by atoms with Crippen molar-refractivity contribution in [1.82, 2.24) is 0 Å². The van der Waals surface area contributed by atoms with E-state index in [4.69, 9.17) is 5.73 Å². The van der Waals surface area contributed by atoms with Crippen molar-refractivity contribution in [1.29, 1.82) is 0 Å². The van der Waals surface area contributed by atoms with Crippen molar-refractivity contribution in [3.05, 3.63) is 29.3 Å². The second-order valence-corrected chi connectivity index (χ2v) is 7.03. The predicted molar refractivity (Wildman–Crippen MR) is 78.9 cm³/mol. The van der Waals surface area contributed by atoms with E-state index in [0.29, 0.717) is 13.0 Å². The number of hydrogen-bond acceptors (Lipinski definition) is 3. The summed E-state index contributed by atoms with van der Waals surface area (Å²) in [6.45, 7) is 4.87. The highest BCUT2D eigenvalue weighted by atomic mass is 32.2. The lowest BCUT2D eigenvalue weighted by Gasteiger charge is -2.24. The quantitative estimate of drug-likeness (QED) is 0.914. The van der Waals surface area contributed by atoms with E-state index in [1.54, 1.807) is 4.31 Å². The Labute approximate surface area is 115 Å². The van der Waals surface area contributed by atoms with E-state index in [0.717, 1.165) is 29.7 Å². The third-order valence-corrected chi connectivity index (χ3v) is 6.11. The van der Waals surface area contributed by atoms with Crippen LogP contribution in [0.5, 0.6) is 0 Å². The molecule has 2 rings (SSSR count). The normalized spacial score (nSPS) is 21.8. The zero-order valence-electron chi connectivity index (χ0n) is 11.6. The molecule has 1 atom stereocenters. The molecule has 4 nitrogen and oxygen atoms in total. The summed E-state index contributed by atoms with van der Waals surface area (Å²) in [5, 5.41) is -0.429. The third-order valence-electron chi connectivity index (χ3n) is 3.86. The molecule has 0 aromatic heterocycles. The summed E-state index contributed by atoms with van der Waals surface area (Å²) < 4.78 is 26.6. The van der Waals surface area contributed by atoms with Crippen LogP contribution in [0.2, 0.25) is 0 Å². The molecule has 0 spiro atoms. The number of para-hydroxylation sites is 1. The molecule has 1 unspecified atom stereocenters. The van der Waals surface area contributed by atoms with E-state index in [9.17, 15) is 8.42 Å². The summed E-state index contributed by atoms with van der Waals surface area (Å²) in [5.74, 6) is 0. The molecule has 2 N–H and O–H groups in total. The van der Waals surface area contributed by atoms with Crippen molar-refractivity contribution in [2.45, 2.75) is 38.4 Å². The number of nitrogens with two attached hydrogens (primary N) is 1. The number of hydrogen-bond donors (Lipinski definition) is 1. The maximum atomic E-state index is 12.5. The molecule has 0 radical (unpaired) electrons. The maximum absolute atomic E-state index is 12.5. The molecule has 0 bridgehead atoms. The van der Waals surface area contributed by atoms with Gasteiger partial charge in [0, 0.05) is 13.1 Å². The van der Waals surface area contributed by atoms with Gasteiger partial charge in [0.05, 0.1) is 10.9 Å². The molecule has 19 heavy (non-hydrogen) atoms. The average molecular weight is 282 g/mol. The van der Waals surface area contributed by atoms with Gasteiger partial charge in [-0.3, -0.25) is 4.31 Å². The molecule has 106 valence electrons. The Hall–Kier alpha value is -1.07. The molecule has 1 aliphatic rings. The maximum Gasteiger partial charge on any atom is 0.239 e. The minimum atomic E-state index is -3.29. The second-order valence-electron chi connectivity index (χ2n) is 4.90. The molecule has 1 heterocycles. The van der Waals surface area contributed by atoms with Crippen LogP contribution in [0.1, 0.15) is 31.4 Å². The lowest BCUT2D eigenvalue weighted by atomic mass is 10.0. The van der Waals surface area contributed by atoms with Gasteiger partial charge < -0.3 is 5.73 Å². The summed E-state index contributed by atoms with van der Waals surface area (Å²) in [7, 11) is -3.29. The molecule has 0 amide bonds. The van der Waals surface area contributed by atoms with E-state index in [1.165, 1.54) is 0 Å². The number of rotatable bonds is 4. The second kappa shape index (κ2) is 5.51. The van der Waals surface area contributed by atoms with E-state index >= 15 is 0 Å². The fourth-order valence-corrected chi connectivity index (χ4v) is 4.59. The Morgan fingerprint density at radius 3 is 2.26 bits per heavy atom. The van der Waals surface area contributed by atoms with Gasteiger partial charge in [0.1, 0.15) is 0 Å². The molecular formula is C14H22N2O2S. The standard InChI is InChI=1S/C14H22N2O2S/c1-3-11-6-5-7-12(4-2)14(11)16-9-8-13(10-15)19(16,17)18/h5-7,13H,3-4,8-10,15H2,1-2H3. The van der Waals surface area contributed by atoms with E-state index in [1.807, 2.05) is 18.2 Å². The Balaban J connectivity index is 2.54. The fourth-order valence-electron chi connectivity index (χ4n) is 2.73. The largest absolute Gasteiger partial charge is 0.329 e. The number of sulfonamides is 1. The summed E-state index contributed by atoms with van der Waals surface area (Å²) in [6.07, 6.45) is 2.30. The summed E-state index contributed by atoms with van der Waals surface area (Å²) in [5.41, 5.74) is 8.67. The minimum absolute atomic E-state index is 0.203. The van der Waals surface area contributed by atoms with Gasteiger partial charge in [-0.25, -0.2) is 8.42 Å². The molecule has 0 saturated carbocycles. The van der Waals surface area contributed by atoms with Crippen molar-refractivity contribution in [3.8, 4) is 0 Å².